The smallest absolute Gasteiger partial charge is 0.232 e. The monoisotopic (exact) mass is 357 g/mol. The predicted octanol–water partition coefficient (Wildman–Crippen LogP) is 4.58. The van der Waals surface area contributed by atoms with E-state index in [1.807, 2.05) is 32.0 Å². The standard InChI is InChI=1S/C16H17Cl2NO2S/c1-11-4-7-16(12(2)8-11)19(22(3,20)21)10-13-5-6-14(17)9-15(13)18/h4-9H,10H2,1-3H3. The molecule has 0 aliphatic heterocycles. The van der Waals surface area contributed by atoms with Crippen molar-refractivity contribution in [1.29, 1.82) is 0 Å². The van der Waals surface area contributed by atoms with Gasteiger partial charge in [0.1, 0.15) is 0 Å². The lowest BCUT2D eigenvalue weighted by Crippen LogP contribution is -2.30. The van der Waals surface area contributed by atoms with Crippen LogP contribution in [0.3, 0.4) is 0 Å². The largest absolute Gasteiger partial charge is 0.266 e. The summed E-state index contributed by atoms with van der Waals surface area (Å²) in [5.74, 6) is 0. The second-order valence-corrected chi connectivity index (χ2v) is 8.05. The number of sulfonamides is 1. The summed E-state index contributed by atoms with van der Waals surface area (Å²) in [4.78, 5) is 0. The third-order valence-corrected chi connectivity index (χ3v) is 5.06. The van der Waals surface area contributed by atoms with Gasteiger partial charge in [-0.05, 0) is 43.2 Å². The number of benzene rings is 2. The molecule has 0 aliphatic carbocycles. The molecule has 0 saturated heterocycles. The fourth-order valence-corrected chi connectivity index (χ4v) is 3.67. The lowest BCUT2D eigenvalue weighted by molar-refractivity contribution is 0.596. The van der Waals surface area contributed by atoms with E-state index in [1.165, 1.54) is 10.6 Å². The molecular weight excluding hydrogens is 341 g/mol. The molecule has 0 saturated carbocycles. The van der Waals surface area contributed by atoms with Crippen molar-refractivity contribution in [3.63, 3.8) is 0 Å². The first kappa shape index (κ1) is 17.1. The maximum absolute atomic E-state index is 12.2. The van der Waals surface area contributed by atoms with Crippen molar-refractivity contribution in [2.45, 2.75) is 20.4 Å². The van der Waals surface area contributed by atoms with Gasteiger partial charge in [0.05, 0.1) is 18.5 Å². The van der Waals surface area contributed by atoms with Gasteiger partial charge in [0.15, 0.2) is 0 Å². The van der Waals surface area contributed by atoms with Crippen molar-refractivity contribution in [2.75, 3.05) is 10.6 Å². The summed E-state index contributed by atoms with van der Waals surface area (Å²) in [7, 11) is -3.44. The molecule has 0 fully saturated rings. The molecule has 0 bridgehead atoms. The predicted molar refractivity (Wildman–Crippen MR) is 93.4 cm³/mol. The van der Waals surface area contributed by atoms with Crippen LogP contribution in [0.15, 0.2) is 36.4 Å². The van der Waals surface area contributed by atoms with Gasteiger partial charge in [0, 0.05) is 10.0 Å². The maximum atomic E-state index is 12.2. The van der Waals surface area contributed by atoms with E-state index in [2.05, 4.69) is 0 Å². The number of hydrogen-bond acceptors (Lipinski definition) is 2. The quantitative estimate of drug-likeness (QED) is 0.803. The van der Waals surface area contributed by atoms with Crippen LogP contribution >= 0.6 is 23.2 Å². The van der Waals surface area contributed by atoms with Gasteiger partial charge >= 0.3 is 0 Å². The van der Waals surface area contributed by atoms with Crippen molar-refractivity contribution >= 4 is 38.9 Å². The van der Waals surface area contributed by atoms with E-state index in [1.54, 1.807) is 18.2 Å². The summed E-state index contributed by atoms with van der Waals surface area (Å²) in [5, 5.41) is 0.970. The van der Waals surface area contributed by atoms with Gasteiger partial charge in [0.2, 0.25) is 10.0 Å². The Morgan fingerprint density at radius 2 is 1.73 bits per heavy atom. The molecule has 22 heavy (non-hydrogen) atoms. The molecule has 0 aromatic heterocycles. The summed E-state index contributed by atoms with van der Waals surface area (Å²) in [6.07, 6.45) is 1.19. The minimum Gasteiger partial charge on any atom is -0.266 e. The van der Waals surface area contributed by atoms with Gasteiger partial charge in [-0.1, -0.05) is 47.0 Å². The van der Waals surface area contributed by atoms with Gasteiger partial charge in [-0.2, -0.15) is 0 Å². The number of halogens is 2. The Labute approximate surface area is 141 Å². The van der Waals surface area contributed by atoms with Crippen molar-refractivity contribution in [2.24, 2.45) is 0 Å². The van der Waals surface area contributed by atoms with E-state index in [4.69, 9.17) is 23.2 Å². The van der Waals surface area contributed by atoms with Crippen LogP contribution in [0.4, 0.5) is 5.69 Å². The first-order valence-corrected chi connectivity index (χ1v) is 9.28. The molecule has 0 aliphatic rings. The third-order valence-electron chi connectivity index (χ3n) is 3.35. The van der Waals surface area contributed by atoms with E-state index < -0.39 is 10.0 Å². The Hall–Kier alpha value is -1.23. The molecule has 0 radical (unpaired) electrons. The van der Waals surface area contributed by atoms with E-state index in [0.29, 0.717) is 21.3 Å². The first-order valence-electron chi connectivity index (χ1n) is 6.67. The average molecular weight is 358 g/mol. The van der Waals surface area contributed by atoms with Crippen LogP contribution in [0, 0.1) is 13.8 Å². The van der Waals surface area contributed by atoms with Gasteiger partial charge in [-0.25, -0.2) is 8.42 Å². The zero-order valence-electron chi connectivity index (χ0n) is 12.6. The Morgan fingerprint density at radius 3 is 2.27 bits per heavy atom. The van der Waals surface area contributed by atoms with Gasteiger partial charge in [0.25, 0.3) is 0 Å². The van der Waals surface area contributed by atoms with Crippen LogP contribution < -0.4 is 4.31 Å². The number of nitrogens with zero attached hydrogens (tertiary/aromatic N) is 1. The molecule has 2 aromatic carbocycles. The molecule has 0 atom stereocenters. The molecule has 0 heterocycles. The minimum absolute atomic E-state index is 0.165. The SMILES string of the molecule is Cc1ccc(N(Cc2ccc(Cl)cc2Cl)S(C)(=O)=O)c(C)c1. The maximum Gasteiger partial charge on any atom is 0.232 e. The van der Waals surface area contributed by atoms with Crippen molar-refractivity contribution in [3.05, 3.63) is 63.1 Å². The lowest BCUT2D eigenvalue weighted by Gasteiger charge is -2.25. The third kappa shape index (κ3) is 3.94. The molecule has 0 N–H and O–H groups in total. The molecule has 2 aromatic rings. The van der Waals surface area contributed by atoms with Crippen molar-refractivity contribution < 1.29 is 8.42 Å². The molecule has 2 rings (SSSR count). The highest BCUT2D eigenvalue weighted by atomic mass is 35.5. The van der Waals surface area contributed by atoms with E-state index >= 15 is 0 Å². The van der Waals surface area contributed by atoms with Crippen LogP contribution in [0.1, 0.15) is 16.7 Å². The molecule has 0 amide bonds. The summed E-state index contributed by atoms with van der Waals surface area (Å²) >= 11 is 12.1. The van der Waals surface area contributed by atoms with Crippen LogP contribution in [0.25, 0.3) is 0 Å². The zero-order valence-corrected chi connectivity index (χ0v) is 14.9. The number of hydrogen-bond donors (Lipinski definition) is 0. The highest BCUT2D eigenvalue weighted by Gasteiger charge is 2.20. The van der Waals surface area contributed by atoms with Gasteiger partial charge in [-0.15, -0.1) is 0 Å². The fourth-order valence-electron chi connectivity index (χ4n) is 2.27. The van der Waals surface area contributed by atoms with Crippen LogP contribution in [-0.4, -0.2) is 14.7 Å². The molecule has 0 unspecified atom stereocenters. The lowest BCUT2D eigenvalue weighted by atomic mass is 10.1. The van der Waals surface area contributed by atoms with Crippen LogP contribution in [-0.2, 0) is 16.6 Å². The Morgan fingerprint density at radius 1 is 1.05 bits per heavy atom. The summed E-state index contributed by atoms with van der Waals surface area (Å²) in [5.41, 5.74) is 3.34. The minimum atomic E-state index is -3.44. The zero-order chi connectivity index (χ0) is 16.5. The highest BCUT2D eigenvalue weighted by Crippen LogP contribution is 2.28. The highest BCUT2D eigenvalue weighted by molar-refractivity contribution is 7.92. The summed E-state index contributed by atoms with van der Waals surface area (Å²) in [6.45, 7) is 4.03. The van der Waals surface area contributed by atoms with E-state index in [0.717, 1.165) is 11.1 Å². The average Bonchev–Trinajstić information content (AvgIpc) is 2.37. The first-order chi connectivity index (χ1) is 10.2. The van der Waals surface area contributed by atoms with Crippen LogP contribution in [0.2, 0.25) is 10.0 Å². The number of aryl methyl sites for hydroxylation is 2. The second kappa shape index (κ2) is 6.49. The second-order valence-electron chi connectivity index (χ2n) is 5.30. The molecule has 118 valence electrons. The molecule has 0 spiro atoms. The topological polar surface area (TPSA) is 37.4 Å². The molecule has 3 nitrogen and oxygen atoms in total. The Bertz CT molecular complexity index is 804. The van der Waals surface area contributed by atoms with E-state index in [9.17, 15) is 8.42 Å². The summed E-state index contributed by atoms with van der Waals surface area (Å²) < 4.78 is 25.8. The fraction of sp³-hybridized carbons (Fsp3) is 0.250. The summed E-state index contributed by atoms with van der Waals surface area (Å²) in [6, 6.07) is 10.7. The van der Waals surface area contributed by atoms with Gasteiger partial charge < -0.3 is 0 Å². The molecule has 6 heteroatoms. The van der Waals surface area contributed by atoms with Gasteiger partial charge in [-0.3, -0.25) is 4.31 Å². The normalized spacial score (nSPS) is 11.5. The van der Waals surface area contributed by atoms with E-state index in [-0.39, 0.29) is 6.54 Å². The molecular formula is C16H17Cl2NO2S. The Balaban J connectivity index is 2.48. The Kier molecular flexibility index (Phi) is 5.05. The van der Waals surface area contributed by atoms with Crippen molar-refractivity contribution in [3.8, 4) is 0 Å². The van der Waals surface area contributed by atoms with Crippen molar-refractivity contribution in [1.82, 2.24) is 0 Å². The number of rotatable bonds is 4. The number of anilines is 1. The van der Waals surface area contributed by atoms with Crippen LogP contribution in [0.5, 0.6) is 0 Å².